The number of morpholine rings is 1. The van der Waals surface area contributed by atoms with Gasteiger partial charge in [0.05, 0.1) is 30.4 Å². The van der Waals surface area contributed by atoms with Gasteiger partial charge < -0.3 is 19.8 Å². The van der Waals surface area contributed by atoms with Crippen LogP contribution in [0, 0.1) is 6.92 Å². The highest BCUT2D eigenvalue weighted by Gasteiger charge is 2.46. The fourth-order valence-electron chi connectivity index (χ4n) is 4.15. The van der Waals surface area contributed by atoms with Crippen molar-refractivity contribution >= 4 is 17.4 Å². The van der Waals surface area contributed by atoms with E-state index in [1.54, 1.807) is 12.1 Å². The molecule has 7 heteroatoms. The maximum absolute atomic E-state index is 13.0. The van der Waals surface area contributed by atoms with Crippen LogP contribution >= 0.6 is 0 Å². The lowest BCUT2D eigenvalue weighted by Gasteiger charge is -2.31. The Morgan fingerprint density at radius 2 is 1.77 bits per heavy atom. The molecule has 0 radical (unpaired) electrons. The van der Waals surface area contributed by atoms with Crippen LogP contribution in [0.2, 0.25) is 0 Å². The van der Waals surface area contributed by atoms with Crippen LogP contribution in [0.5, 0.6) is 5.75 Å². The van der Waals surface area contributed by atoms with Crippen molar-refractivity contribution in [2.24, 2.45) is 0 Å². The number of aryl methyl sites for hydroxylation is 1. The number of ether oxygens (including phenoxy) is 1. The molecule has 0 aliphatic carbocycles. The van der Waals surface area contributed by atoms with Gasteiger partial charge in [-0.2, -0.15) is 0 Å². The highest BCUT2D eigenvalue weighted by Crippen LogP contribution is 2.40. The maximum atomic E-state index is 13.0. The molecule has 2 aromatic rings. The quantitative estimate of drug-likeness (QED) is 0.437. The first-order valence-corrected chi connectivity index (χ1v) is 10.4. The van der Waals surface area contributed by atoms with Crippen LogP contribution in [0.3, 0.4) is 0 Å². The molecule has 0 saturated carbocycles. The van der Waals surface area contributed by atoms with Crippen LogP contribution in [0.4, 0.5) is 0 Å². The zero-order valence-corrected chi connectivity index (χ0v) is 17.5. The van der Waals surface area contributed by atoms with Crippen molar-refractivity contribution in [1.82, 2.24) is 9.80 Å². The molecule has 0 bridgehead atoms. The van der Waals surface area contributed by atoms with Gasteiger partial charge in [-0.3, -0.25) is 14.5 Å². The van der Waals surface area contributed by atoms with Gasteiger partial charge in [0.25, 0.3) is 11.7 Å². The molecule has 0 aromatic heterocycles. The number of nitrogens with zero attached hydrogens (tertiary/aromatic N) is 2. The van der Waals surface area contributed by atoms with Crippen LogP contribution in [-0.2, 0) is 14.3 Å². The zero-order chi connectivity index (χ0) is 22.0. The molecule has 0 unspecified atom stereocenters. The molecule has 2 aromatic carbocycles. The lowest BCUT2D eigenvalue weighted by molar-refractivity contribution is -0.140. The Labute approximate surface area is 181 Å². The minimum Gasteiger partial charge on any atom is -0.507 e. The first-order valence-electron chi connectivity index (χ1n) is 10.4. The largest absolute Gasteiger partial charge is 0.507 e. The Kier molecular flexibility index (Phi) is 6.06. The Morgan fingerprint density at radius 3 is 2.48 bits per heavy atom. The number of aromatic hydroxyl groups is 1. The second-order valence-corrected chi connectivity index (χ2v) is 7.88. The summed E-state index contributed by atoms with van der Waals surface area (Å²) in [5.74, 6) is -1.89. The number of hydrogen-bond donors (Lipinski definition) is 2. The van der Waals surface area contributed by atoms with Crippen molar-refractivity contribution in [3.05, 3.63) is 70.8 Å². The lowest BCUT2D eigenvalue weighted by Crippen LogP contribution is -2.42. The standard InChI is InChI=1S/C24H26N2O5/c1-16-7-8-19(27)18(15-16)22(28)20-21(17-5-3-2-4-6-17)26(24(30)23(20)29)10-9-25-11-13-31-14-12-25/h2-8,15,21,27-28H,9-14H2,1H3/t21-/m1/s1. The van der Waals surface area contributed by atoms with Crippen molar-refractivity contribution in [2.45, 2.75) is 13.0 Å². The summed E-state index contributed by atoms with van der Waals surface area (Å²) in [6, 6.07) is 13.3. The van der Waals surface area contributed by atoms with Gasteiger partial charge in [-0.1, -0.05) is 42.0 Å². The molecule has 31 heavy (non-hydrogen) atoms. The van der Waals surface area contributed by atoms with E-state index in [0.717, 1.165) is 24.2 Å². The summed E-state index contributed by atoms with van der Waals surface area (Å²) >= 11 is 0. The molecule has 2 saturated heterocycles. The topological polar surface area (TPSA) is 90.3 Å². The fourth-order valence-corrected chi connectivity index (χ4v) is 4.15. The summed E-state index contributed by atoms with van der Waals surface area (Å²) in [5, 5.41) is 21.4. The minimum atomic E-state index is -0.741. The zero-order valence-electron chi connectivity index (χ0n) is 17.5. The van der Waals surface area contributed by atoms with Crippen LogP contribution < -0.4 is 0 Å². The Bertz CT molecular complexity index is 1010. The Balaban J connectivity index is 1.75. The minimum absolute atomic E-state index is 0.000854. The van der Waals surface area contributed by atoms with Gasteiger partial charge in [0.2, 0.25) is 0 Å². The molecule has 2 fully saturated rings. The number of carbonyl (C=O) groups excluding carboxylic acids is 2. The molecule has 162 valence electrons. The van der Waals surface area contributed by atoms with Crippen molar-refractivity contribution in [3.8, 4) is 5.75 Å². The van der Waals surface area contributed by atoms with E-state index in [1.165, 1.54) is 11.0 Å². The number of aliphatic hydroxyl groups is 1. The van der Waals surface area contributed by atoms with E-state index < -0.39 is 17.7 Å². The number of carbonyl (C=O) groups is 2. The van der Waals surface area contributed by atoms with Crippen molar-refractivity contribution in [2.75, 3.05) is 39.4 Å². The molecule has 1 amide bonds. The molecule has 4 rings (SSSR count). The summed E-state index contributed by atoms with van der Waals surface area (Å²) in [5.41, 5.74) is 1.70. The highest BCUT2D eigenvalue weighted by molar-refractivity contribution is 6.46. The third-order valence-electron chi connectivity index (χ3n) is 5.82. The van der Waals surface area contributed by atoms with E-state index in [0.29, 0.717) is 26.3 Å². The van der Waals surface area contributed by atoms with Gasteiger partial charge in [0, 0.05) is 26.2 Å². The van der Waals surface area contributed by atoms with Gasteiger partial charge in [0.15, 0.2) is 0 Å². The summed E-state index contributed by atoms with van der Waals surface area (Å²) in [4.78, 5) is 29.7. The summed E-state index contributed by atoms with van der Waals surface area (Å²) in [7, 11) is 0. The number of likely N-dealkylation sites (tertiary alicyclic amines) is 1. The number of rotatable bonds is 5. The summed E-state index contributed by atoms with van der Waals surface area (Å²) in [6.07, 6.45) is 0. The van der Waals surface area contributed by atoms with Crippen LogP contribution in [0.15, 0.2) is 54.1 Å². The van der Waals surface area contributed by atoms with E-state index in [1.807, 2.05) is 37.3 Å². The normalized spacial score (nSPS) is 21.6. The maximum Gasteiger partial charge on any atom is 0.295 e. The number of aliphatic hydroxyl groups excluding tert-OH is 1. The molecular weight excluding hydrogens is 396 g/mol. The number of ketones is 1. The predicted octanol–water partition coefficient (Wildman–Crippen LogP) is 2.45. The second-order valence-electron chi connectivity index (χ2n) is 7.88. The second kappa shape index (κ2) is 8.91. The van der Waals surface area contributed by atoms with Crippen molar-refractivity contribution in [3.63, 3.8) is 0 Å². The van der Waals surface area contributed by atoms with Crippen molar-refractivity contribution < 1.29 is 24.5 Å². The third kappa shape index (κ3) is 4.19. The van der Waals surface area contributed by atoms with E-state index in [4.69, 9.17) is 4.74 Å². The first-order chi connectivity index (χ1) is 15.0. The van der Waals surface area contributed by atoms with E-state index in [9.17, 15) is 19.8 Å². The molecule has 7 nitrogen and oxygen atoms in total. The van der Waals surface area contributed by atoms with Crippen molar-refractivity contribution in [1.29, 1.82) is 0 Å². The van der Waals surface area contributed by atoms with E-state index in [-0.39, 0.29) is 22.6 Å². The van der Waals surface area contributed by atoms with E-state index >= 15 is 0 Å². The summed E-state index contributed by atoms with van der Waals surface area (Å²) < 4.78 is 5.38. The average Bonchev–Trinajstić information content (AvgIpc) is 3.05. The first kappa shape index (κ1) is 21.1. The average molecular weight is 422 g/mol. The van der Waals surface area contributed by atoms with Gasteiger partial charge >= 0.3 is 0 Å². The number of Topliss-reactive ketones (excluding diaryl/α,β-unsaturated/α-hetero) is 1. The van der Waals surface area contributed by atoms with Gasteiger partial charge in [0.1, 0.15) is 11.5 Å². The number of benzene rings is 2. The van der Waals surface area contributed by atoms with Gasteiger partial charge in [-0.05, 0) is 24.6 Å². The lowest BCUT2D eigenvalue weighted by atomic mass is 9.94. The van der Waals surface area contributed by atoms with Gasteiger partial charge in [-0.25, -0.2) is 0 Å². The van der Waals surface area contributed by atoms with Crippen LogP contribution in [-0.4, -0.2) is 71.1 Å². The number of hydrogen-bond acceptors (Lipinski definition) is 6. The van der Waals surface area contributed by atoms with Crippen LogP contribution in [0.1, 0.15) is 22.7 Å². The molecule has 2 N–H and O–H groups in total. The Hall–Kier alpha value is -3.16. The van der Waals surface area contributed by atoms with E-state index in [2.05, 4.69) is 4.90 Å². The SMILES string of the molecule is Cc1ccc(O)c(C(O)=C2C(=O)C(=O)N(CCN3CCOCC3)[C@@H]2c2ccccc2)c1. The van der Waals surface area contributed by atoms with Crippen LogP contribution in [0.25, 0.3) is 5.76 Å². The van der Waals surface area contributed by atoms with Gasteiger partial charge in [-0.15, -0.1) is 0 Å². The smallest absolute Gasteiger partial charge is 0.295 e. The Morgan fingerprint density at radius 1 is 1.06 bits per heavy atom. The predicted molar refractivity (Wildman–Crippen MR) is 116 cm³/mol. The molecule has 2 aliphatic heterocycles. The number of amides is 1. The third-order valence-corrected chi connectivity index (χ3v) is 5.82. The number of phenolic OH excluding ortho intramolecular Hbond substituents is 1. The summed E-state index contributed by atoms with van der Waals surface area (Å²) in [6.45, 7) is 5.62. The molecule has 2 aliphatic rings. The number of phenols is 1. The molecule has 2 heterocycles. The molecule has 0 spiro atoms. The fraction of sp³-hybridized carbons (Fsp3) is 0.333. The molecule has 1 atom stereocenters. The highest BCUT2D eigenvalue weighted by atomic mass is 16.5. The molecular formula is C24H26N2O5. The monoisotopic (exact) mass is 422 g/mol.